The Balaban J connectivity index is 1.28. The van der Waals surface area contributed by atoms with Gasteiger partial charge in [0, 0.05) is 70.3 Å². The maximum absolute atomic E-state index is 13.7. The number of fused-ring (bicyclic) bond motifs is 2. The summed E-state index contributed by atoms with van der Waals surface area (Å²) in [6.45, 7) is 5.46. The number of amides is 2. The lowest BCUT2D eigenvalue weighted by Gasteiger charge is -2.33. The molecule has 3 aromatic rings. The van der Waals surface area contributed by atoms with E-state index in [-0.39, 0.29) is 24.4 Å². The molecule has 8 heteroatoms. The smallest absolute Gasteiger partial charge is 0.256 e. The lowest BCUT2D eigenvalue weighted by atomic mass is 9.92. The van der Waals surface area contributed by atoms with Gasteiger partial charge < -0.3 is 25.1 Å². The maximum Gasteiger partial charge on any atom is 0.256 e. The van der Waals surface area contributed by atoms with E-state index in [9.17, 15) is 14.7 Å². The van der Waals surface area contributed by atoms with E-state index in [4.69, 9.17) is 0 Å². The number of carbonyl (C=O) groups excluding carboxylic acids is 2. The summed E-state index contributed by atoms with van der Waals surface area (Å²) >= 11 is 0. The van der Waals surface area contributed by atoms with Gasteiger partial charge in [-0.1, -0.05) is 30.3 Å². The maximum atomic E-state index is 13.7. The number of pyridine rings is 1. The number of aromatic nitrogens is 1. The number of nitrogens with one attached hydrogen (secondary N) is 1. The molecule has 2 N–H and O–H groups in total. The van der Waals surface area contributed by atoms with Crippen molar-refractivity contribution in [3.63, 3.8) is 0 Å². The average molecular weight is 528 g/mol. The van der Waals surface area contributed by atoms with Crippen LogP contribution in [0.4, 0.5) is 5.69 Å². The van der Waals surface area contributed by atoms with Gasteiger partial charge in [-0.3, -0.25) is 14.6 Å². The van der Waals surface area contributed by atoms with Crippen LogP contribution >= 0.6 is 0 Å². The van der Waals surface area contributed by atoms with Crippen LogP contribution in [0.3, 0.4) is 0 Å². The number of benzene rings is 2. The summed E-state index contributed by atoms with van der Waals surface area (Å²) in [5.41, 5.74) is 5.48. The molecule has 0 aliphatic carbocycles. The number of aliphatic hydroxyl groups is 1. The lowest BCUT2D eigenvalue weighted by Crippen LogP contribution is -2.50. The van der Waals surface area contributed by atoms with Gasteiger partial charge in [0.05, 0.1) is 17.4 Å². The van der Waals surface area contributed by atoms with E-state index in [1.54, 1.807) is 35.2 Å². The Labute approximate surface area is 230 Å². The van der Waals surface area contributed by atoms with Gasteiger partial charge >= 0.3 is 0 Å². The van der Waals surface area contributed by atoms with Crippen molar-refractivity contribution in [3.8, 4) is 0 Å². The molecular formula is C31H37N5O3. The quantitative estimate of drug-likeness (QED) is 0.469. The SMILES string of the molecule is CCN1CCN(CC(O)[C@@H]2Cc3ccccc3CN2)C(=O)c2ccc(C(=O)N(C)CCc3cccnc3)cc21. The highest BCUT2D eigenvalue weighted by atomic mass is 16.3. The molecule has 3 heterocycles. The zero-order valence-electron chi connectivity index (χ0n) is 22.7. The highest BCUT2D eigenvalue weighted by Crippen LogP contribution is 2.28. The zero-order valence-corrected chi connectivity index (χ0v) is 22.7. The van der Waals surface area contributed by atoms with E-state index in [1.807, 2.05) is 36.5 Å². The van der Waals surface area contributed by atoms with E-state index in [0.29, 0.717) is 43.9 Å². The second-order valence-electron chi connectivity index (χ2n) is 10.4. The summed E-state index contributed by atoms with van der Waals surface area (Å²) in [4.78, 5) is 36.6. The van der Waals surface area contributed by atoms with Gasteiger partial charge in [0.2, 0.25) is 0 Å². The fourth-order valence-corrected chi connectivity index (χ4v) is 5.51. The summed E-state index contributed by atoms with van der Waals surface area (Å²) in [5, 5.41) is 14.6. The number of hydrogen-bond acceptors (Lipinski definition) is 6. The Morgan fingerprint density at radius 2 is 1.92 bits per heavy atom. The summed E-state index contributed by atoms with van der Waals surface area (Å²) in [6, 6.07) is 17.4. The molecule has 0 spiro atoms. The van der Waals surface area contributed by atoms with Gasteiger partial charge in [0.15, 0.2) is 0 Å². The topological polar surface area (TPSA) is 89.0 Å². The Morgan fingerprint density at radius 1 is 1.13 bits per heavy atom. The zero-order chi connectivity index (χ0) is 27.4. The number of likely N-dealkylation sites (N-methyl/N-ethyl adjacent to an activating group) is 2. The molecule has 0 bridgehead atoms. The molecule has 5 rings (SSSR count). The summed E-state index contributed by atoms with van der Waals surface area (Å²) in [7, 11) is 1.80. The first-order valence-corrected chi connectivity index (χ1v) is 13.8. The molecule has 204 valence electrons. The minimum absolute atomic E-state index is 0.0784. The molecule has 0 saturated heterocycles. The first-order chi connectivity index (χ1) is 18.9. The molecule has 1 unspecified atom stereocenters. The van der Waals surface area contributed by atoms with Gasteiger partial charge in [-0.05, 0) is 60.7 Å². The van der Waals surface area contributed by atoms with Crippen LogP contribution in [0.2, 0.25) is 0 Å². The predicted octanol–water partition coefficient (Wildman–Crippen LogP) is 2.75. The van der Waals surface area contributed by atoms with Crippen molar-refractivity contribution in [2.24, 2.45) is 0 Å². The lowest BCUT2D eigenvalue weighted by molar-refractivity contribution is 0.0540. The first kappa shape index (κ1) is 26.8. The number of hydrogen-bond donors (Lipinski definition) is 2. The molecular weight excluding hydrogens is 490 g/mol. The number of β-amino-alcohol motifs (C(OH)–C–C–N with tert-alkyl or cyclic N) is 1. The third kappa shape index (κ3) is 5.97. The van der Waals surface area contributed by atoms with Crippen molar-refractivity contribution in [2.45, 2.75) is 38.5 Å². The average Bonchev–Trinajstić information content (AvgIpc) is 3.11. The minimum atomic E-state index is -0.687. The van der Waals surface area contributed by atoms with Gasteiger partial charge in [0.25, 0.3) is 11.8 Å². The highest BCUT2D eigenvalue weighted by molar-refractivity contribution is 6.03. The Hall–Kier alpha value is -3.75. The fraction of sp³-hybridized carbons (Fsp3) is 0.387. The van der Waals surface area contributed by atoms with Gasteiger partial charge in [0.1, 0.15) is 0 Å². The summed E-state index contributed by atoms with van der Waals surface area (Å²) in [5.74, 6) is -0.189. The van der Waals surface area contributed by atoms with Crippen LogP contribution in [-0.4, -0.2) is 83.6 Å². The first-order valence-electron chi connectivity index (χ1n) is 13.8. The molecule has 2 amide bonds. The second kappa shape index (κ2) is 12.0. The monoisotopic (exact) mass is 527 g/mol. The van der Waals surface area contributed by atoms with Gasteiger partial charge in [-0.25, -0.2) is 0 Å². The Kier molecular flexibility index (Phi) is 8.24. The van der Waals surface area contributed by atoms with Crippen molar-refractivity contribution in [2.75, 3.05) is 44.7 Å². The molecule has 2 aliphatic rings. The molecule has 0 radical (unpaired) electrons. The van der Waals surface area contributed by atoms with Crippen molar-refractivity contribution >= 4 is 17.5 Å². The number of anilines is 1. The summed E-state index contributed by atoms with van der Waals surface area (Å²) < 4.78 is 0. The standard InChI is InChI=1S/C31H37N5O3/c1-3-35-15-16-36(21-29(37)27-17-23-8-4-5-9-25(23)20-33-27)31(39)26-11-10-24(18-28(26)35)30(38)34(2)14-12-22-7-6-13-32-19-22/h4-11,13,18-19,27,29,33,37H,3,12,14-17,20-21H2,1-2H3/t27-,29?/m0/s1. The third-order valence-corrected chi connectivity index (χ3v) is 7.91. The largest absolute Gasteiger partial charge is 0.390 e. The van der Waals surface area contributed by atoms with Crippen LogP contribution in [0.15, 0.2) is 67.0 Å². The number of nitrogens with zero attached hydrogens (tertiary/aromatic N) is 4. The molecule has 1 aromatic heterocycles. The molecule has 8 nitrogen and oxygen atoms in total. The van der Waals surface area contributed by atoms with Crippen LogP contribution in [0.1, 0.15) is 44.3 Å². The minimum Gasteiger partial charge on any atom is -0.390 e. The summed E-state index contributed by atoms with van der Waals surface area (Å²) in [6.07, 6.45) is 4.32. The van der Waals surface area contributed by atoms with E-state index < -0.39 is 6.10 Å². The van der Waals surface area contributed by atoms with Gasteiger partial charge in [-0.2, -0.15) is 0 Å². The van der Waals surface area contributed by atoms with Crippen molar-refractivity contribution in [3.05, 3.63) is 94.8 Å². The van der Waals surface area contributed by atoms with Gasteiger partial charge in [-0.15, -0.1) is 0 Å². The highest BCUT2D eigenvalue weighted by Gasteiger charge is 2.31. The van der Waals surface area contributed by atoms with E-state index in [0.717, 1.165) is 24.1 Å². The van der Waals surface area contributed by atoms with E-state index in [1.165, 1.54) is 11.1 Å². The van der Waals surface area contributed by atoms with Crippen LogP contribution in [0.5, 0.6) is 0 Å². The molecule has 2 aromatic carbocycles. The van der Waals surface area contributed by atoms with Crippen molar-refractivity contribution in [1.82, 2.24) is 20.1 Å². The van der Waals surface area contributed by atoms with E-state index in [2.05, 4.69) is 34.3 Å². The predicted molar refractivity (Wildman–Crippen MR) is 152 cm³/mol. The van der Waals surface area contributed by atoms with Crippen LogP contribution in [0, 0.1) is 0 Å². The third-order valence-electron chi connectivity index (χ3n) is 7.91. The molecule has 2 atom stereocenters. The van der Waals surface area contributed by atoms with E-state index >= 15 is 0 Å². The number of carbonyl (C=O) groups is 2. The van der Waals surface area contributed by atoms with Crippen molar-refractivity contribution < 1.29 is 14.7 Å². The second-order valence-corrected chi connectivity index (χ2v) is 10.4. The van der Waals surface area contributed by atoms with Crippen LogP contribution in [0.25, 0.3) is 0 Å². The molecule has 0 saturated carbocycles. The van der Waals surface area contributed by atoms with Crippen molar-refractivity contribution in [1.29, 1.82) is 0 Å². The fourth-order valence-electron chi connectivity index (χ4n) is 5.51. The number of rotatable bonds is 8. The molecule has 0 fully saturated rings. The Morgan fingerprint density at radius 3 is 2.69 bits per heavy atom. The molecule has 2 aliphatic heterocycles. The number of aliphatic hydroxyl groups excluding tert-OH is 1. The Bertz CT molecular complexity index is 1310. The van der Waals surface area contributed by atoms with Crippen LogP contribution in [-0.2, 0) is 19.4 Å². The van der Waals surface area contributed by atoms with Crippen LogP contribution < -0.4 is 10.2 Å². The molecule has 39 heavy (non-hydrogen) atoms. The normalized spacial score (nSPS) is 17.7.